The molecule has 1 aliphatic heterocycles. The molecule has 0 atom stereocenters. The molecule has 1 fully saturated rings. The van der Waals surface area contributed by atoms with Crippen LogP contribution in [-0.4, -0.2) is 48.1 Å². The highest BCUT2D eigenvalue weighted by Crippen LogP contribution is 2.36. The summed E-state index contributed by atoms with van der Waals surface area (Å²) in [5, 5.41) is 17.4. The lowest BCUT2D eigenvalue weighted by atomic mass is 9.97. The topological polar surface area (TPSA) is 130 Å². The summed E-state index contributed by atoms with van der Waals surface area (Å²) in [6.45, 7) is 1.05. The Kier molecular flexibility index (Phi) is 5.59. The number of aromatic carboxylic acids is 1. The molecule has 1 aromatic heterocycles. The number of nitrogens with one attached hydrogen (secondary N) is 1. The van der Waals surface area contributed by atoms with Crippen LogP contribution >= 0.6 is 11.3 Å². The number of nitrogen functional groups attached to an aromatic ring is 1. The van der Waals surface area contributed by atoms with Crippen LogP contribution < -0.4 is 10.6 Å². The number of methoxy groups -OCH3 is 1. The Hall–Kier alpha value is -3.01. The fraction of sp³-hybridized carbons (Fsp3) is 0.333. The molecule has 28 heavy (non-hydrogen) atoms. The van der Waals surface area contributed by atoms with E-state index in [4.69, 9.17) is 15.9 Å². The molecule has 148 valence electrons. The molecule has 0 saturated carbocycles. The van der Waals surface area contributed by atoms with Gasteiger partial charge in [0.15, 0.2) is 5.13 Å². The molecular formula is C18H19FN4O4S. The second kappa shape index (κ2) is 7.93. The Morgan fingerprint density at radius 2 is 2.07 bits per heavy atom. The smallest absolute Gasteiger partial charge is 0.348 e. The van der Waals surface area contributed by atoms with E-state index < -0.39 is 11.8 Å². The predicted molar refractivity (Wildman–Crippen MR) is 102 cm³/mol. The van der Waals surface area contributed by atoms with Crippen molar-refractivity contribution < 1.29 is 23.8 Å². The summed E-state index contributed by atoms with van der Waals surface area (Å²) >= 11 is 0.969. The van der Waals surface area contributed by atoms with Gasteiger partial charge in [0.1, 0.15) is 22.2 Å². The number of piperidine rings is 1. The first-order chi connectivity index (χ1) is 13.3. The minimum Gasteiger partial charge on any atom is -0.477 e. The number of ether oxygens (including phenoxy) is 1. The number of amidine groups is 1. The molecule has 0 amide bonds. The number of benzene rings is 1. The third kappa shape index (κ3) is 3.81. The van der Waals surface area contributed by atoms with Gasteiger partial charge in [0, 0.05) is 24.2 Å². The van der Waals surface area contributed by atoms with Gasteiger partial charge in [0.2, 0.25) is 0 Å². The molecule has 10 heteroatoms. The fourth-order valence-electron chi connectivity index (χ4n) is 3.12. The van der Waals surface area contributed by atoms with Gasteiger partial charge in [0.05, 0.1) is 13.0 Å². The van der Waals surface area contributed by atoms with Crippen LogP contribution in [0.3, 0.4) is 0 Å². The van der Waals surface area contributed by atoms with Gasteiger partial charge in [-0.05, 0) is 25.0 Å². The molecule has 4 N–H and O–H groups in total. The highest BCUT2D eigenvalue weighted by atomic mass is 32.1. The van der Waals surface area contributed by atoms with E-state index in [0.717, 1.165) is 17.4 Å². The van der Waals surface area contributed by atoms with E-state index >= 15 is 0 Å². The summed E-state index contributed by atoms with van der Waals surface area (Å²) in [4.78, 5) is 29.5. The Bertz CT molecular complexity index is 938. The number of hydrogen-bond donors (Lipinski definition) is 3. The number of hydrogen-bond acceptors (Lipinski definition) is 7. The third-order valence-corrected chi connectivity index (χ3v) is 5.75. The maximum absolute atomic E-state index is 14.5. The number of thiazole rings is 1. The fourth-order valence-corrected chi connectivity index (χ4v) is 4.09. The molecule has 2 aromatic rings. The highest BCUT2D eigenvalue weighted by molar-refractivity contribution is 7.17. The van der Waals surface area contributed by atoms with Crippen molar-refractivity contribution >= 4 is 34.2 Å². The molecule has 0 bridgehead atoms. The van der Waals surface area contributed by atoms with E-state index in [1.165, 1.54) is 19.2 Å². The second-order valence-corrected chi connectivity index (χ2v) is 7.35. The van der Waals surface area contributed by atoms with E-state index in [1.807, 2.05) is 4.90 Å². The lowest BCUT2D eigenvalue weighted by Gasteiger charge is -2.30. The Balaban J connectivity index is 1.90. The highest BCUT2D eigenvalue weighted by Gasteiger charge is 2.29. The molecule has 1 aliphatic rings. The van der Waals surface area contributed by atoms with Crippen LogP contribution in [0.5, 0.6) is 0 Å². The maximum Gasteiger partial charge on any atom is 0.348 e. The maximum atomic E-state index is 14.5. The van der Waals surface area contributed by atoms with Gasteiger partial charge in [-0.15, -0.1) is 0 Å². The normalized spacial score (nSPS) is 14.7. The van der Waals surface area contributed by atoms with Crippen LogP contribution in [0, 0.1) is 17.1 Å². The molecule has 0 radical (unpaired) electrons. The molecule has 2 heterocycles. The van der Waals surface area contributed by atoms with E-state index in [-0.39, 0.29) is 39.4 Å². The number of esters is 1. The number of carboxylic acid groups (broad SMARTS) is 1. The number of halogens is 1. The average Bonchev–Trinajstić information content (AvgIpc) is 3.12. The van der Waals surface area contributed by atoms with Crippen molar-refractivity contribution in [1.82, 2.24) is 4.98 Å². The van der Waals surface area contributed by atoms with Crippen LogP contribution in [0.15, 0.2) is 18.2 Å². The lowest BCUT2D eigenvalue weighted by Crippen LogP contribution is -2.36. The van der Waals surface area contributed by atoms with Gasteiger partial charge < -0.3 is 20.5 Å². The number of anilines is 1. The zero-order valence-electron chi connectivity index (χ0n) is 15.1. The third-order valence-electron chi connectivity index (χ3n) is 4.65. The van der Waals surface area contributed by atoms with Crippen LogP contribution in [0.2, 0.25) is 0 Å². The summed E-state index contributed by atoms with van der Waals surface area (Å²) in [5.74, 6) is -2.61. The molecule has 3 rings (SSSR count). The second-order valence-electron chi connectivity index (χ2n) is 6.37. The molecule has 1 aromatic carbocycles. The number of rotatable bonds is 5. The molecule has 0 unspecified atom stereocenters. The van der Waals surface area contributed by atoms with Gasteiger partial charge >= 0.3 is 11.9 Å². The Labute approximate surface area is 164 Å². The van der Waals surface area contributed by atoms with Crippen molar-refractivity contribution in [1.29, 1.82) is 5.41 Å². The number of nitrogens with zero attached hydrogens (tertiary/aromatic N) is 2. The minimum atomic E-state index is -1.20. The average molecular weight is 406 g/mol. The Morgan fingerprint density at radius 3 is 2.61 bits per heavy atom. The first-order valence-electron chi connectivity index (χ1n) is 8.53. The van der Waals surface area contributed by atoms with Crippen molar-refractivity contribution in [3.05, 3.63) is 34.5 Å². The summed E-state index contributed by atoms with van der Waals surface area (Å²) in [5.41, 5.74) is 5.64. The standard InChI is InChI=1S/C18H19FN4O4S/c1-27-17(26)9-4-6-23(7-5-9)18-22-13(14(28-18)16(24)25)11-3-2-10(15(20)21)8-12(11)19/h2-3,8-9H,4-7H2,1H3,(H3,20,21)(H,24,25). The van der Waals surface area contributed by atoms with Crippen molar-refractivity contribution in [2.24, 2.45) is 11.7 Å². The first kappa shape index (κ1) is 19.7. The van der Waals surface area contributed by atoms with Gasteiger partial charge in [-0.25, -0.2) is 14.2 Å². The van der Waals surface area contributed by atoms with Crippen LogP contribution in [0.4, 0.5) is 9.52 Å². The van der Waals surface area contributed by atoms with Gasteiger partial charge in [0.25, 0.3) is 0 Å². The predicted octanol–water partition coefficient (Wildman–Crippen LogP) is 2.32. The number of carbonyl (C=O) groups excluding carboxylic acids is 1. The van der Waals surface area contributed by atoms with Crippen LogP contribution in [-0.2, 0) is 9.53 Å². The van der Waals surface area contributed by atoms with Crippen molar-refractivity contribution in [2.45, 2.75) is 12.8 Å². The van der Waals surface area contributed by atoms with Gasteiger partial charge in [-0.2, -0.15) is 0 Å². The monoisotopic (exact) mass is 406 g/mol. The van der Waals surface area contributed by atoms with E-state index in [0.29, 0.717) is 31.1 Å². The summed E-state index contributed by atoms with van der Waals surface area (Å²) < 4.78 is 19.3. The number of carboxylic acids is 1. The number of carbonyl (C=O) groups is 2. The van der Waals surface area contributed by atoms with E-state index in [9.17, 15) is 19.1 Å². The lowest BCUT2D eigenvalue weighted by molar-refractivity contribution is -0.146. The van der Waals surface area contributed by atoms with Crippen LogP contribution in [0.1, 0.15) is 28.1 Å². The molecular weight excluding hydrogens is 387 g/mol. The number of aromatic nitrogens is 1. The summed E-state index contributed by atoms with van der Waals surface area (Å²) in [7, 11) is 1.35. The molecule has 0 spiro atoms. The van der Waals surface area contributed by atoms with Crippen molar-refractivity contribution in [3.8, 4) is 11.3 Å². The zero-order chi connectivity index (χ0) is 20.4. The first-order valence-corrected chi connectivity index (χ1v) is 9.34. The quantitative estimate of drug-likeness (QED) is 0.395. The molecule has 8 nitrogen and oxygen atoms in total. The van der Waals surface area contributed by atoms with Crippen LogP contribution in [0.25, 0.3) is 11.3 Å². The largest absolute Gasteiger partial charge is 0.477 e. The SMILES string of the molecule is COC(=O)C1CCN(c2nc(-c3ccc(C(=N)N)cc3F)c(C(=O)O)s2)CC1. The van der Waals surface area contributed by atoms with E-state index in [1.54, 1.807) is 0 Å². The summed E-state index contributed by atoms with van der Waals surface area (Å²) in [6, 6.07) is 3.91. The van der Waals surface area contributed by atoms with Gasteiger partial charge in [-0.3, -0.25) is 10.2 Å². The minimum absolute atomic E-state index is 0.0364. The molecule has 0 aliphatic carbocycles. The summed E-state index contributed by atoms with van der Waals surface area (Å²) in [6.07, 6.45) is 1.15. The zero-order valence-corrected chi connectivity index (χ0v) is 15.9. The van der Waals surface area contributed by atoms with E-state index in [2.05, 4.69) is 4.98 Å². The number of nitrogens with two attached hydrogens (primary N) is 1. The Morgan fingerprint density at radius 1 is 1.39 bits per heavy atom. The molecule has 1 saturated heterocycles. The van der Waals surface area contributed by atoms with Crippen molar-refractivity contribution in [2.75, 3.05) is 25.1 Å². The van der Waals surface area contributed by atoms with Crippen molar-refractivity contribution in [3.63, 3.8) is 0 Å². The van der Waals surface area contributed by atoms with Gasteiger partial charge in [-0.1, -0.05) is 17.4 Å².